The molecule has 0 aliphatic rings. The lowest BCUT2D eigenvalue weighted by molar-refractivity contribution is -0.147. The van der Waals surface area contributed by atoms with Crippen LogP contribution in [0.15, 0.2) is 30.3 Å². The summed E-state index contributed by atoms with van der Waals surface area (Å²) in [6.45, 7) is 3.49. The van der Waals surface area contributed by atoms with E-state index in [1.165, 1.54) is 7.11 Å². The van der Waals surface area contributed by atoms with E-state index in [9.17, 15) is 9.59 Å². The highest BCUT2D eigenvalue weighted by Crippen LogP contribution is 2.13. The van der Waals surface area contributed by atoms with Gasteiger partial charge in [-0.1, -0.05) is 30.3 Å². The first-order chi connectivity index (χ1) is 9.04. The standard InChI is InChI=1S/C14H19NO4/c1-10(2)19-12(16)9-15-13(14(17)18-3)11-7-5-4-6-8-11/h4-8,10,13,15H,9H2,1-3H3. The summed E-state index contributed by atoms with van der Waals surface area (Å²) in [5.41, 5.74) is 0.742. The molecule has 1 atom stereocenters. The van der Waals surface area contributed by atoms with Crippen LogP contribution in [-0.4, -0.2) is 31.7 Å². The summed E-state index contributed by atoms with van der Waals surface area (Å²) < 4.78 is 9.72. The number of carbonyl (C=O) groups is 2. The number of methoxy groups -OCH3 is 1. The van der Waals surface area contributed by atoms with Gasteiger partial charge in [-0.2, -0.15) is 0 Å². The fourth-order valence-electron chi connectivity index (χ4n) is 1.59. The maximum absolute atomic E-state index is 11.7. The zero-order chi connectivity index (χ0) is 14.3. The van der Waals surface area contributed by atoms with Crippen molar-refractivity contribution in [3.05, 3.63) is 35.9 Å². The van der Waals surface area contributed by atoms with Crippen LogP contribution in [0, 0.1) is 0 Å². The van der Waals surface area contributed by atoms with E-state index < -0.39 is 18.0 Å². The van der Waals surface area contributed by atoms with Crippen LogP contribution in [-0.2, 0) is 19.1 Å². The number of hydrogen-bond acceptors (Lipinski definition) is 5. The van der Waals surface area contributed by atoms with E-state index in [2.05, 4.69) is 5.32 Å². The minimum absolute atomic E-state index is 0.0488. The molecule has 0 fully saturated rings. The Morgan fingerprint density at radius 2 is 1.84 bits per heavy atom. The van der Waals surface area contributed by atoms with Crippen molar-refractivity contribution >= 4 is 11.9 Å². The van der Waals surface area contributed by atoms with Crippen molar-refractivity contribution in [3.8, 4) is 0 Å². The van der Waals surface area contributed by atoms with Crippen LogP contribution in [0.1, 0.15) is 25.5 Å². The number of nitrogens with one attached hydrogen (secondary N) is 1. The lowest BCUT2D eigenvalue weighted by atomic mass is 10.1. The van der Waals surface area contributed by atoms with E-state index in [1.807, 2.05) is 18.2 Å². The molecule has 0 aliphatic heterocycles. The molecule has 1 aromatic carbocycles. The topological polar surface area (TPSA) is 64.6 Å². The molecule has 5 nitrogen and oxygen atoms in total. The highest BCUT2D eigenvalue weighted by atomic mass is 16.5. The molecule has 104 valence electrons. The van der Waals surface area contributed by atoms with Gasteiger partial charge in [-0.25, -0.2) is 4.79 Å². The lowest BCUT2D eigenvalue weighted by Gasteiger charge is -2.17. The monoisotopic (exact) mass is 265 g/mol. The molecule has 0 amide bonds. The Morgan fingerprint density at radius 1 is 1.21 bits per heavy atom. The first-order valence-corrected chi connectivity index (χ1v) is 6.10. The molecular weight excluding hydrogens is 246 g/mol. The molecule has 19 heavy (non-hydrogen) atoms. The average Bonchev–Trinajstić information content (AvgIpc) is 2.39. The number of esters is 2. The van der Waals surface area contributed by atoms with Crippen LogP contribution in [0.3, 0.4) is 0 Å². The second-order valence-corrected chi connectivity index (χ2v) is 4.29. The van der Waals surface area contributed by atoms with Crippen LogP contribution in [0.4, 0.5) is 0 Å². The zero-order valence-corrected chi connectivity index (χ0v) is 11.4. The first kappa shape index (κ1) is 15.2. The van der Waals surface area contributed by atoms with Gasteiger partial charge < -0.3 is 9.47 Å². The number of hydrogen-bond donors (Lipinski definition) is 1. The van der Waals surface area contributed by atoms with Gasteiger partial charge in [0.2, 0.25) is 0 Å². The van der Waals surface area contributed by atoms with Gasteiger partial charge in [-0.05, 0) is 19.4 Å². The van der Waals surface area contributed by atoms with Crippen LogP contribution in [0.5, 0.6) is 0 Å². The summed E-state index contributed by atoms with van der Waals surface area (Å²) in [5, 5.41) is 2.84. The number of rotatable bonds is 6. The summed E-state index contributed by atoms with van der Waals surface area (Å²) in [6.07, 6.45) is -0.178. The maximum Gasteiger partial charge on any atom is 0.327 e. The Balaban J connectivity index is 2.67. The molecule has 1 rings (SSSR count). The molecule has 1 unspecified atom stereocenters. The molecule has 1 aromatic rings. The van der Waals surface area contributed by atoms with Crippen molar-refractivity contribution in [3.63, 3.8) is 0 Å². The van der Waals surface area contributed by atoms with Crippen molar-refractivity contribution in [2.24, 2.45) is 0 Å². The summed E-state index contributed by atoms with van der Waals surface area (Å²) >= 11 is 0. The molecule has 0 radical (unpaired) electrons. The van der Waals surface area contributed by atoms with Crippen LogP contribution in [0.25, 0.3) is 0 Å². The van der Waals surface area contributed by atoms with Crippen molar-refractivity contribution in [2.75, 3.05) is 13.7 Å². The predicted octanol–water partition coefficient (Wildman–Crippen LogP) is 1.44. The molecule has 0 heterocycles. The normalized spacial score (nSPS) is 12.0. The highest BCUT2D eigenvalue weighted by Gasteiger charge is 2.21. The molecule has 0 saturated carbocycles. The Hall–Kier alpha value is -1.88. The van der Waals surface area contributed by atoms with Crippen molar-refractivity contribution in [2.45, 2.75) is 26.0 Å². The van der Waals surface area contributed by atoms with Gasteiger partial charge in [0.1, 0.15) is 6.04 Å². The van der Waals surface area contributed by atoms with Crippen LogP contribution in [0.2, 0.25) is 0 Å². The third-order valence-electron chi connectivity index (χ3n) is 2.39. The van der Waals surface area contributed by atoms with Gasteiger partial charge in [0, 0.05) is 0 Å². The van der Waals surface area contributed by atoms with Crippen LogP contribution < -0.4 is 5.32 Å². The molecule has 1 N–H and O–H groups in total. The largest absolute Gasteiger partial charge is 0.468 e. The summed E-state index contributed by atoms with van der Waals surface area (Å²) in [7, 11) is 1.31. The fraction of sp³-hybridized carbons (Fsp3) is 0.429. The second-order valence-electron chi connectivity index (χ2n) is 4.29. The third-order valence-corrected chi connectivity index (χ3v) is 2.39. The van der Waals surface area contributed by atoms with E-state index >= 15 is 0 Å². The third kappa shape index (κ3) is 5.09. The van der Waals surface area contributed by atoms with Gasteiger partial charge >= 0.3 is 11.9 Å². The van der Waals surface area contributed by atoms with Crippen molar-refractivity contribution < 1.29 is 19.1 Å². The zero-order valence-electron chi connectivity index (χ0n) is 11.4. The van der Waals surface area contributed by atoms with Gasteiger partial charge in [0.05, 0.1) is 19.8 Å². The van der Waals surface area contributed by atoms with Crippen molar-refractivity contribution in [1.29, 1.82) is 0 Å². The molecule has 0 bridgehead atoms. The fourth-order valence-corrected chi connectivity index (χ4v) is 1.59. The Bertz CT molecular complexity index is 417. The van der Waals surface area contributed by atoms with Gasteiger partial charge in [0.15, 0.2) is 0 Å². The summed E-state index contributed by atoms with van der Waals surface area (Å²) in [5.74, 6) is -0.844. The molecule has 0 spiro atoms. The minimum atomic E-state index is -0.675. The van der Waals surface area contributed by atoms with E-state index in [1.54, 1.807) is 26.0 Å². The predicted molar refractivity (Wildman–Crippen MR) is 70.4 cm³/mol. The SMILES string of the molecule is COC(=O)C(NCC(=O)OC(C)C)c1ccccc1. The van der Waals surface area contributed by atoms with Gasteiger partial charge in [-0.3, -0.25) is 10.1 Å². The highest BCUT2D eigenvalue weighted by molar-refractivity contribution is 5.79. The minimum Gasteiger partial charge on any atom is -0.468 e. The van der Waals surface area contributed by atoms with E-state index in [0.717, 1.165) is 5.56 Å². The van der Waals surface area contributed by atoms with E-state index in [4.69, 9.17) is 9.47 Å². The van der Waals surface area contributed by atoms with Gasteiger partial charge in [-0.15, -0.1) is 0 Å². The van der Waals surface area contributed by atoms with E-state index in [-0.39, 0.29) is 12.6 Å². The summed E-state index contributed by atoms with van der Waals surface area (Å²) in [6, 6.07) is 8.40. The second kappa shape index (κ2) is 7.53. The molecular formula is C14H19NO4. The number of ether oxygens (including phenoxy) is 2. The quantitative estimate of drug-likeness (QED) is 0.788. The van der Waals surface area contributed by atoms with Crippen molar-refractivity contribution in [1.82, 2.24) is 5.32 Å². The van der Waals surface area contributed by atoms with Crippen LogP contribution >= 0.6 is 0 Å². The Morgan fingerprint density at radius 3 is 2.37 bits per heavy atom. The van der Waals surface area contributed by atoms with E-state index in [0.29, 0.717) is 0 Å². The number of benzene rings is 1. The van der Waals surface area contributed by atoms with Gasteiger partial charge in [0.25, 0.3) is 0 Å². The summed E-state index contributed by atoms with van der Waals surface area (Å²) in [4.78, 5) is 23.2. The molecule has 5 heteroatoms. The Kier molecular flexibility index (Phi) is 6.02. The smallest absolute Gasteiger partial charge is 0.327 e. The lowest BCUT2D eigenvalue weighted by Crippen LogP contribution is -2.34. The molecule has 0 aliphatic carbocycles. The average molecular weight is 265 g/mol. The maximum atomic E-state index is 11.7. The first-order valence-electron chi connectivity index (χ1n) is 6.10. The molecule has 0 saturated heterocycles. The Labute approximate surface area is 112 Å². The molecule has 0 aromatic heterocycles. The number of carbonyl (C=O) groups excluding carboxylic acids is 2.